The Morgan fingerprint density at radius 2 is 1.78 bits per heavy atom. The summed E-state index contributed by atoms with van der Waals surface area (Å²) in [6.07, 6.45) is -4.74. The maximum absolute atomic E-state index is 14.5. The van der Waals surface area contributed by atoms with Gasteiger partial charge >= 0.3 is 12.3 Å². The van der Waals surface area contributed by atoms with E-state index in [-0.39, 0.29) is 47.0 Å². The first-order valence-electron chi connectivity index (χ1n) is 15.6. The van der Waals surface area contributed by atoms with Crippen molar-refractivity contribution >= 4 is 33.1 Å². The van der Waals surface area contributed by atoms with E-state index in [4.69, 9.17) is 9.26 Å². The van der Waals surface area contributed by atoms with Crippen LogP contribution in [0.15, 0.2) is 64.3 Å². The lowest BCUT2D eigenvalue weighted by atomic mass is 10.0. The predicted octanol–water partition coefficient (Wildman–Crippen LogP) is 5.80. The molecule has 0 radical (unpaired) electrons. The number of carbonyl (C=O) groups excluding carboxylic acids is 1. The minimum absolute atomic E-state index is 0.00449. The number of alkyl halides is 3. The SMILES string of the molecule is Cc1noc(C)c1-c1ccc2c(-c3nc(N[C@H]4C[C@@H](O)CN(C(=O)OC(C)(C)C)C4)ncc3C(F)(F)F)cn(S(=O)(=O)c3ccccc3)c2n1. The number of hydrogen-bond donors (Lipinski definition) is 2. The number of carbonyl (C=O) groups is 1. The van der Waals surface area contributed by atoms with Gasteiger partial charge in [0.1, 0.15) is 16.9 Å². The van der Waals surface area contributed by atoms with Gasteiger partial charge in [0.15, 0.2) is 5.65 Å². The summed E-state index contributed by atoms with van der Waals surface area (Å²) < 4.78 is 83.2. The van der Waals surface area contributed by atoms with Crippen LogP contribution in [0.2, 0.25) is 0 Å². The summed E-state index contributed by atoms with van der Waals surface area (Å²) in [4.78, 5) is 26.7. The molecule has 1 aliphatic heterocycles. The molecule has 1 fully saturated rings. The lowest BCUT2D eigenvalue weighted by Crippen LogP contribution is -2.52. The van der Waals surface area contributed by atoms with Gasteiger partial charge in [-0.25, -0.2) is 32.1 Å². The van der Waals surface area contributed by atoms with E-state index in [0.717, 1.165) is 10.2 Å². The molecular weight excluding hydrogens is 679 g/mol. The number of amides is 1. The van der Waals surface area contributed by atoms with Crippen molar-refractivity contribution in [3.63, 3.8) is 0 Å². The van der Waals surface area contributed by atoms with Crippen molar-refractivity contribution in [2.75, 3.05) is 18.4 Å². The topological polar surface area (TPSA) is 166 Å². The molecule has 4 aromatic heterocycles. The number of halogens is 3. The average Bonchev–Trinajstić information content (AvgIpc) is 3.59. The van der Waals surface area contributed by atoms with Crippen molar-refractivity contribution in [3.8, 4) is 22.5 Å². The second-order valence-electron chi connectivity index (χ2n) is 13.0. The molecule has 1 saturated heterocycles. The van der Waals surface area contributed by atoms with Crippen LogP contribution in [0.4, 0.5) is 23.9 Å². The lowest BCUT2D eigenvalue weighted by molar-refractivity contribution is -0.137. The number of aryl methyl sites for hydroxylation is 2. The number of aromatic nitrogens is 5. The number of nitrogens with zero attached hydrogens (tertiary/aromatic N) is 6. The molecule has 2 N–H and O–H groups in total. The summed E-state index contributed by atoms with van der Waals surface area (Å²) in [6, 6.07) is 9.78. The van der Waals surface area contributed by atoms with Gasteiger partial charge in [-0.2, -0.15) is 13.2 Å². The first kappa shape index (κ1) is 34.8. The highest BCUT2D eigenvalue weighted by Crippen LogP contribution is 2.41. The quantitative estimate of drug-likeness (QED) is 0.218. The Bertz CT molecular complexity index is 2160. The Hall–Kier alpha value is -5.03. The zero-order valence-electron chi connectivity index (χ0n) is 27.7. The number of pyridine rings is 1. The summed E-state index contributed by atoms with van der Waals surface area (Å²) in [5.41, 5.74) is -1.62. The molecule has 5 aromatic rings. The number of nitrogens with one attached hydrogen (secondary N) is 1. The van der Waals surface area contributed by atoms with Gasteiger partial charge in [-0.05, 0) is 65.3 Å². The van der Waals surface area contributed by atoms with E-state index in [1.807, 2.05) is 0 Å². The molecule has 0 saturated carbocycles. The monoisotopic (exact) mass is 713 g/mol. The molecule has 17 heteroatoms. The number of piperidine rings is 1. The molecule has 1 aliphatic rings. The number of likely N-dealkylation sites (tertiary alicyclic amines) is 1. The Balaban J connectivity index is 1.48. The third-order valence-corrected chi connectivity index (χ3v) is 9.64. The van der Waals surface area contributed by atoms with Crippen molar-refractivity contribution in [2.24, 2.45) is 0 Å². The fourth-order valence-electron chi connectivity index (χ4n) is 5.84. The van der Waals surface area contributed by atoms with E-state index < -0.39 is 51.3 Å². The van der Waals surface area contributed by atoms with Crippen molar-refractivity contribution < 1.29 is 40.8 Å². The zero-order valence-corrected chi connectivity index (χ0v) is 28.5. The van der Waals surface area contributed by atoms with Crippen LogP contribution in [-0.2, 0) is 20.9 Å². The van der Waals surface area contributed by atoms with Crippen molar-refractivity contribution in [3.05, 3.63) is 71.9 Å². The lowest BCUT2D eigenvalue weighted by Gasteiger charge is -2.36. The van der Waals surface area contributed by atoms with E-state index in [9.17, 15) is 31.5 Å². The molecule has 5 heterocycles. The van der Waals surface area contributed by atoms with E-state index in [2.05, 4.69) is 25.4 Å². The van der Waals surface area contributed by atoms with Crippen LogP contribution in [0.1, 0.15) is 44.2 Å². The molecule has 50 heavy (non-hydrogen) atoms. The number of ether oxygens (including phenoxy) is 1. The molecule has 1 aromatic carbocycles. The number of aliphatic hydroxyl groups is 1. The second-order valence-corrected chi connectivity index (χ2v) is 14.8. The van der Waals surface area contributed by atoms with Crippen molar-refractivity contribution in [1.82, 2.24) is 29.0 Å². The van der Waals surface area contributed by atoms with E-state index in [1.165, 1.54) is 35.2 Å². The highest BCUT2D eigenvalue weighted by Gasteiger charge is 2.38. The van der Waals surface area contributed by atoms with Crippen LogP contribution >= 0.6 is 0 Å². The molecule has 0 bridgehead atoms. The molecule has 13 nitrogen and oxygen atoms in total. The van der Waals surface area contributed by atoms with Crippen molar-refractivity contribution in [2.45, 2.75) is 69.9 Å². The minimum Gasteiger partial charge on any atom is -0.444 e. The van der Waals surface area contributed by atoms with Gasteiger partial charge in [0.05, 0.1) is 40.2 Å². The van der Waals surface area contributed by atoms with Gasteiger partial charge < -0.3 is 24.6 Å². The van der Waals surface area contributed by atoms with Crippen LogP contribution in [-0.4, -0.2) is 79.4 Å². The minimum atomic E-state index is -4.93. The Morgan fingerprint density at radius 3 is 2.42 bits per heavy atom. The number of benzene rings is 1. The van der Waals surface area contributed by atoms with Gasteiger partial charge in [-0.3, -0.25) is 0 Å². The average molecular weight is 714 g/mol. The Labute approximate surface area is 285 Å². The smallest absolute Gasteiger partial charge is 0.419 e. The number of hydrogen-bond acceptors (Lipinski definition) is 11. The normalized spacial score (nSPS) is 17.3. The largest absolute Gasteiger partial charge is 0.444 e. The molecule has 0 spiro atoms. The molecule has 2 atom stereocenters. The summed E-state index contributed by atoms with van der Waals surface area (Å²) in [7, 11) is -4.38. The first-order chi connectivity index (χ1) is 23.4. The van der Waals surface area contributed by atoms with E-state index >= 15 is 0 Å². The summed E-state index contributed by atoms with van der Waals surface area (Å²) in [5, 5.41) is 17.5. The number of anilines is 1. The summed E-state index contributed by atoms with van der Waals surface area (Å²) in [6.45, 7) is 8.51. The van der Waals surface area contributed by atoms with Crippen molar-refractivity contribution in [1.29, 1.82) is 0 Å². The van der Waals surface area contributed by atoms with E-state index in [0.29, 0.717) is 28.9 Å². The highest BCUT2D eigenvalue weighted by atomic mass is 32.2. The fraction of sp³-hybridized carbons (Fsp3) is 0.364. The molecule has 6 rings (SSSR count). The third-order valence-electron chi connectivity index (χ3n) is 7.97. The van der Waals surface area contributed by atoms with Crippen LogP contribution < -0.4 is 5.32 Å². The van der Waals surface area contributed by atoms with Gasteiger partial charge in [0.2, 0.25) is 5.95 Å². The number of aliphatic hydroxyl groups excluding tert-OH is 1. The van der Waals surface area contributed by atoms with Gasteiger partial charge in [-0.1, -0.05) is 23.4 Å². The summed E-state index contributed by atoms with van der Waals surface area (Å²) in [5.74, 6) is 0.186. The number of fused-ring (bicyclic) bond motifs is 1. The molecule has 1 amide bonds. The highest BCUT2D eigenvalue weighted by molar-refractivity contribution is 7.90. The Kier molecular flexibility index (Phi) is 8.84. The molecule has 264 valence electrons. The molecule has 0 unspecified atom stereocenters. The third kappa shape index (κ3) is 6.87. The first-order valence-corrected chi connectivity index (χ1v) is 17.0. The molecular formula is C33H34F3N7O6S. The van der Waals surface area contributed by atoms with Crippen LogP contribution in [0.25, 0.3) is 33.5 Å². The summed E-state index contributed by atoms with van der Waals surface area (Å²) >= 11 is 0. The zero-order chi connectivity index (χ0) is 36.2. The standard InChI is InChI=1S/C33H34F3N7O6S/c1-18-27(19(2)49-41-18)26-12-11-23-24(17-43(29(23)39-26)50(46,47)22-9-7-6-8-10-22)28-25(33(34,35)36)14-37-30(40-28)38-20-13-21(44)16-42(15-20)31(45)48-32(3,4)5/h6-12,14,17,20-21,44H,13,15-16H2,1-5H3,(H,37,38,40)/t20-,21+/m0/s1. The predicted molar refractivity (Wildman–Crippen MR) is 176 cm³/mol. The van der Waals surface area contributed by atoms with Gasteiger partial charge in [0.25, 0.3) is 10.0 Å². The molecule has 0 aliphatic carbocycles. The second kappa shape index (κ2) is 12.7. The van der Waals surface area contributed by atoms with E-state index in [1.54, 1.807) is 46.8 Å². The Morgan fingerprint density at radius 1 is 1.06 bits per heavy atom. The van der Waals surface area contributed by atoms with Crippen LogP contribution in [0.5, 0.6) is 0 Å². The maximum atomic E-state index is 14.5. The van der Waals surface area contributed by atoms with Gasteiger partial charge in [-0.15, -0.1) is 0 Å². The van der Waals surface area contributed by atoms with Crippen LogP contribution in [0, 0.1) is 13.8 Å². The number of β-amino-alcohol motifs (C(OH)–C–C–N with tert-alkyl or cyclic N) is 1. The van der Waals surface area contributed by atoms with Gasteiger partial charge in [0, 0.05) is 35.9 Å². The fourth-order valence-corrected chi connectivity index (χ4v) is 7.18. The maximum Gasteiger partial charge on any atom is 0.419 e. The number of rotatable bonds is 6. The van der Waals surface area contributed by atoms with Crippen LogP contribution in [0.3, 0.4) is 0 Å².